The minimum Gasteiger partial charge on any atom is -0.507 e. The molecule has 4 rings (SSSR count). The number of methoxy groups -OCH3 is 2. The zero-order chi connectivity index (χ0) is 23.0. The molecule has 1 N–H and O–H groups in total. The monoisotopic (exact) mass is 437 g/mol. The SMILES string of the molecule is COc1cc2cc(-c3cc(C)c(O)c(C)c3)n(C)c(=O)c2c(OC)c1CC1CCOCC1. The van der Waals surface area contributed by atoms with Crippen molar-refractivity contribution in [1.29, 1.82) is 0 Å². The van der Waals surface area contributed by atoms with E-state index >= 15 is 0 Å². The number of benzene rings is 2. The molecule has 0 atom stereocenters. The maximum absolute atomic E-state index is 13.6. The van der Waals surface area contributed by atoms with E-state index < -0.39 is 0 Å². The lowest BCUT2D eigenvalue weighted by molar-refractivity contribution is 0.0662. The minimum absolute atomic E-state index is 0.117. The average molecular weight is 438 g/mol. The van der Waals surface area contributed by atoms with E-state index in [-0.39, 0.29) is 11.3 Å². The van der Waals surface area contributed by atoms with Crippen LogP contribution in [0.1, 0.15) is 29.5 Å². The number of rotatable bonds is 5. The highest BCUT2D eigenvalue weighted by Crippen LogP contribution is 2.39. The molecule has 2 aromatic carbocycles. The summed E-state index contributed by atoms with van der Waals surface area (Å²) in [5, 5.41) is 11.5. The normalized spacial score (nSPS) is 14.7. The zero-order valence-corrected chi connectivity index (χ0v) is 19.4. The van der Waals surface area contributed by atoms with Crippen molar-refractivity contribution in [3.05, 3.63) is 51.3 Å². The van der Waals surface area contributed by atoms with Gasteiger partial charge in [-0.25, -0.2) is 0 Å². The van der Waals surface area contributed by atoms with E-state index in [1.807, 2.05) is 38.1 Å². The summed E-state index contributed by atoms with van der Waals surface area (Å²) < 4.78 is 18.7. The molecular weight excluding hydrogens is 406 g/mol. The molecule has 2 heterocycles. The predicted octanol–water partition coefficient (Wildman–Crippen LogP) is 4.51. The van der Waals surface area contributed by atoms with E-state index in [0.29, 0.717) is 17.1 Å². The number of aromatic hydroxyl groups is 1. The van der Waals surface area contributed by atoms with E-state index in [1.54, 1.807) is 25.8 Å². The predicted molar refractivity (Wildman–Crippen MR) is 126 cm³/mol. The fourth-order valence-electron chi connectivity index (χ4n) is 4.77. The first-order valence-corrected chi connectivity index (χ1v) is 11.0. The number of hydrogen-bond acceptors (Lipinski definition) is 5. The van der Waals surface area contributed by atoms with Crippen LogP contribution in [-0.4, -0.2) is 37.1 Å². The standard InChI is InChI=1S/C26H31NO5/c1-15-10-18(11-16(2)24(15)28)21-13-19-14-22(30-4)20(12-17-6-8-32-9-7-17)25(31-5)23(19)26(29)27(21)3/h10-11,13-14,17,28H,6-9,12H2,1-5H3. The van der Waals surface area contributed by atoms with Crippen molar-refractivity contribution in [3.63, 3.8) is 0 Å². The Balaban J connectivity index is 1.93. The highest BCUT2D eigenvalue weighted by Gasteiger charge is 2.24. The van der Waals surface area contributed by atoms with Crippen LogP contribution in [-0.2, 0) is 18.2 Å². The molecule has 0 saturated carbocycles. The third kappa shape index (κ3) is 3.84. The van der Waals surface area contributed by atoms with Gasteiger partial charge in [0.2, 0.25) is 0 Å². The maximum Gasteiger partial charge on any atom is 0.262 e. The summed E-state index contributed by atoms with van der Waals surface area (Å²) >= 11 is 0. The molecule has 1 aromatic heterocycles. The van der Waals surface area contributed by atoms with Crippen LogP contribution in [0.3, 0.4) is 0 Å². The number of fused-ring (bicyclic) bond motifs is 1. The van der Waals surface area contributed by atoms with Crippen LogP contribution in [0.5, 0.6) is 17.2 Å². The van der Waals surface area contributed by atoms with Gasteiger partial charge in [-0.1, -0.05) is 0 Å². The van der Waals surface area contributed by atoms with E-state index in [0.717, 1.165) is 71.6 Å². The van der Waals surface area contributed by atoms with Gasteiger partial charge in [-0.2, -0.15) is 0 Å². The van der Waals surface area contributed by atoms with Gasteiger partial charge >= 0.3 is 0 Å². The van der Waals surface area contributed by atoms with Crippen LogP contribution in [0.25, 0.3) is 22.0 Å². The molecule has 6 heteroatoms. The third-order valence-corrected chi connectivity index (χ3v) is 6.59. The van der Waals surface area contributed by atoms with Gasteiger partial charge in [-0.3, -0.25) is 4.79 Å². The van der Waals surface area contributed by atoms with Gasteiger partial charge in [0.05, 0.1) is 25.3 Å². The van der Waals surface area contributed by atoms with Gasteiger partial charge in [-0.05, 0) is 85.4 Å². The maximum atomic E-state index is 13.6. The lowest BCUT2D eigenvalue weighted by atomic mass is 9.90. The summed E-state index contributed by atoms with van der Waals surface area (Å²) in [4.78, 5) is 13.6. The number of pyridine rings is 1. The minimum atomic E-state index is -0.117. The number of nitrogens with zero attached hydrogens (tertiary/aromatic N) is 1. The Morgan fingerprint density at radius 2 is 1.72 bits per heavy atom. The smallest absolute Gasteiger partial charge is 0.262 e. The number of hydrogen-bond donors (Lipinski definition) is 1. The number of phenolic OH excluding ortho intramolecular Hbond substituents is 1. The van der Waals surface area contributed by atoms with E-state index in [4.69, 9.17) is 14.2 Å². The zero-order valence-electron chi connectivity index (χ0n) is 19.4. The molecule has 0 bridgehead atoms. The van der Waals surface area contributed by atoms with Crippen LogP contribution in [0, 0.1) is 19.8 Å². The third-order valence-electron chi connectivity index (χ3n) is 6.59. The fourth-order valence-corrected chi connectivity index (χ4v) is 4.77. The Morgan fingerprint density at radius 1 is 1.06 bits per heavy atom. The van der Waals surface area contributed by atoms with Crippen molar-refractivity contribution in [2.24, 2.45) is 13.0 Å². The molecule has 0 aliphatic carbocycles. The first-order valence-electron chi connectivity index (χ1n) is 11.0. The summed E-state index contributed by atoms with van der Waals surface area (Å²) in [5.41, 5.74) is 4.02. The van der Waals surface area contributed by atoms with Gasteiger partial charge < -0.3 is 23.9 Å². The lowest BCUT2D eigenvalue weighted by Gasteiger charge is -2.24. The number of phenols is 1. The van der Waals surface area contributed by atoms with Crippen LogP contribution in [0.4, 0.5) is 0 Å². The van der Waals surface area contributed by atoms with E-state index in [9.17, 15) is 9.90 Å². The second-order valence-corrected chi connectivity index (χ2v) is 8.67. The molecule has 1 aliphatic rings. The number of aryl methyl sites for hydroxylation is 2. The lowest BCUT2D eigenvalue weighted by Crippen LogP contribution is -2.21. The molecule has 170 valence electrons. The second-order valence-electron chi connectivity index (χ2n) is 8.67. The van der Waals surface area contributed by atoms with Crippen molar-refractivity contribution in [2.75, 3.05) is 27.4 Å². The molecule has 3 aromatic rings. The number of ether oxygens (including phenoxy) is 3. The summed E-state index contributed by atoms with van der Waals surface area (Å²) in [7, 11) is 5.04. The fraction of sp³-hybridized carbons (Fsp3) is 0.423. The molecule has 1 fully saturated rings. The Kier molecular flexibility index (Phi) is 6.15. The Bertz CT molecular complexity index is 1200. The highest BCUT2D eigenvalue weighted by molar-refractivity contribution is 5.93. The topological polar surface area (TPSA) is 69.9 Å². The molecule has 0 unspecified atom stereocenters. The van der Waals surface area contributed by atoms with Crippen molar-refractivity contribution < 1.29 is 19.3 Å². The van der Waals surface area contributed by atoms with Crippen LogP contribution in [0.15, 0.2) is 29.1 Å². The van der Waals surface area contributed by atoms with Crippen LogP contribution < -0.4 is 15.0 Å². The molecule has 0 spiro atoms. The van der Waals surface area contributed by atoms with Crippen molar-refractivity contribution in [3.8, 4) is 28.5 Å². The van der Waals surface area contributed by atoms with E-state index in [2.05, 4.69) is 0 Å². The molecule has 0 radical (unpaired) electrons. The molecular formula is C26H31NO5. The van der Waals surface area contributed by atoms with Gasteiger partial charge in [-0.15, -0.1) is 0 Å². The van der Waals surface area contributed by atoms with Gasteiger partial charge in [0.1, 0.15) is 17.2 Å². The van der Waals surface area contributed by atoms with Crippen molar-refractivity contribution >= 4 is 10.8 Å². The first-order chi connectivity index (χ1) is 15.3. The molecule has 6 nitrogen and oxygen atoms in total. The molecule has 0 amide bonds. The van der Waals surface area contributed by atoms with Gasteiger partial charge in [0.25, 0.3) is 5.56 Å². The Hall–Kier alpha value is -2.99. The van der Waals surface area contributed by atoms with Crippen LogP contribution >= 0.6 is 0 Å². The number of aromatic nitrogens is 1. The summed E-state index contributed by atoms with van der Waals surface area (Å²) in [6.07, 6.45) is 2.76. The summed E-state index contributed by atoms with van der Waals surface area (Å²) in [6, 6.07) is 7.73. The molecule has 1 aliphatic heterocycles. The van der Waals surface area contributed by atoms with Crippen LogP contribution in [0.2, 0.25) is 0 Å². The first kappa shape index (κ1) is 22.2. The average Bonchev–Trinajstić information content (AvgIpc) is 2.79. The van der Waals surface area contributed by atoms with Crippen molar-refractivity contribution in [1.82, 2.24) is 4.57 Å². The van der Waals surface area contributed by atoms with Crippen molar-refractivity contribution in [2.45, 2.75) is 33.1 Å². The quantitative estimate of drug-likeness (QED) is 0.636. The van der Waals surface area contributed by atoms with E-state index in [1.165, 1.54) is 0 Å². The Labute approximate surface area is 188 Å². The summed E-state index contributed by atoms with van der Waals surface area (Å²) in [6.45, 7) is 5.25. The summed E-state index contributed by atoms with van der Waals surface area (Å²) in [5.74, 6) is 2.07. The highest BCUT2D eigenvalue weighted by atomic mass is 16.5. The molecule has 32 heavy (non-hydrogen) atoms. The largest absolute Gasteiger partial charge is 0.507 e. The molecule has 1 saturated heterocycles. The van der Waals surface area contributed by atoms with Gasteiger partial charge in [0.15, 0.2) is 0 Å². The van der Waals surface area contributed by atoms with Gasteiger partial charge in [0, 0.05) is 25.8 Å². The second kappa shape index (κ2) is 8.87. The Morgan fingerprint density at radius 3 is 2.31 bits per heavy atom.